The van der Waals surface area contributed by atoms with Crippen molar-refractivity contribution in [1.82, 2.24) is 0 Å². The monoisotopic (exact) mass is 254 g/mol. The van der Waals surface area contributed by atoms with E-state index < -0.39 is 28.6 Å². The molecule has 18 heavy (non-hydrogen) atoms. The molecule has 0 fully saturated rings. The van der Waals surface area contributed by atoms with Crippen molar-refractivity contribution >= 4 is 11.7 Å². The van der Waals surface area contributed by atoms with E-state index >= 15 is 0 Å². The number of nitrogens with zero attached hydrogens (tertiary/aromatic N) is 1. The first-order valence-corrected chi connectivity index (χ1v) is 5.19. The first-order chi connectivity index (χ1) is 8.34. The van der Waals surface area contributed by atoms with Crippen LogP contribution in [0.1, 0.15) is 25.3 Å². The molecular formula is C12H12F2N2O2. The van der Waals surface area contributed by atoms with Crippen LogP contribution in [0.3, 0.4) is 0 Å². The molecule has 1 aromatic rings. The summed E-state index contributed by atoms with van der Waals surface area (Å²) in [4.78, 5) is 11.3. The fraction of sp³-hybridized carbons (Fsp3) is 0.333. The number of nitrogen functional groups attached to an aromatic ring is 1. The molecule has 1 atom stereocenters. The Bertz CT molecular complexity index is 526. The first-order valence-electron chi connectivity index (χ1n) is 5.19. The van der Waals surface area contributed by atoms with Gasteiger partial charge in [-0.1, -0.05) is 0 Å². The van der Waals surface area contributed by atoms with Crippen LogP contribution in [-0.4, -0.2) is 11.1 Å². The van der Waals surface area contributed by atoms with Gasteiger partial charge >= 0.3 is 5.97 Å². The maximum Gasteiger partial charge on any atom is 0.314 e. The Kier molecular flexibility index (Phi) is 3.86. The molecule has 0 bridgehead atoms. The predicted octanol–water partition coefficient (Wildman–Crippen LogP) is 2.19. The number of hydrogen-bond acceptors (Lipinski definition) is 3. The van der Waals surface area contributed by atoms with E-state index in [1.54, 1.807) is 6.07 Å². The third kappa shape index (κ3) is 2.25. The minimum Gasteiger partial charge on any atom is -0.481 e. The summed E-state index contributed by atoms with van der Waals surface area (Å²) in [5, 5.41) is 17.7. The van der Waals surface area contributed by atoms with Crippen LogP contribution in [0.5, 0.6) is 0 Å². The average Bonchev–Trinajstić information content (AvgIpc) is 2.31. The van der Waals surface area contributed by atoms with E-state index in [-0.39, 0.29) is 18.5 Å². The Balaban J connectivity index is 3.44. The summed E-state index contributed by atoms with van der Waals surface area (Å²) in [5.74, 6) is -3.80. The van der Waals surface area contributed by atoms with E-state index in [2.05, 4.69) is 0 Å². The van der Waals surface area contributed by atoms with E-state index in [0.29, 0.717) is 0 Å². The molecule has 4 nitrogen and oxygen atoms in total. The molecule has 0 heterocycles. The molecule has 0 aliphatic carbocycles. The van der Waals surface area contributed by atoms with Crippen molar-refractivity contribution in [3.8, 4) is 6.07 Å². The molecule has 0 aliphatic heterocycles. The Morgan fingerprint density at radius 2 is 2.17 bits per heavy atom. The minimum absolute atomic E-state index is 0.0990. The number of carbonyl (C=O) groups is 1. The Hall–Kier alpha value is -2.16. The number of benzene rings is 1. The highest BCUT2D eigenvalue weighted by Gasteiger charge is 2.39. The highest BCUT2D eigenvalue weighted by molar-refractivity contribution is 5.83. The third-order valence-electron chi connectivity index (χ3n) is 2.89. The molecule has 0 amide bonds. The highest BCUT2D eigenvalue weighted by Crippen LogP contribution is 2.36. The number of carboxylic acid groups (broad SMARTS) is 1. The number of aliphatic carboxylic acids is 1. The summed E-state index contributed by atoms with van der Waals surface area (Å²) in [6.45, 7) is 1.22. The lowest BCUT2D eigenvalue weighted by Gasteiger charge is -2.26. The van der Waals surface area contributed by atoms with Crippen molar-refractivity contribution in [1.29, 1.82) is 5.26 Å². The van der Waals surface area contributed by atoms with Crippen LogP contribution in [-0.2, 0) is 10.2 Å². The second-order valence-electron chi connectivity index (χ2n) is 4.12. The zero-order chi connectivity index (χ0) is 13.9. The number of nitriles is 1. The van der Waals surface area contributed by atoms with E-state index in [4.69, 9.17) is 11.0 Å². The van der Waals surface area contributed by atoms with Crippen LogP contribution in [0.4, 0.5) is 14.5 Å². The SMILES string of the molecule is CC(CCC#N)(C(=O)O)c1c(N)ccc(F)c1F. The van der Waals surface area contributed by atoms with Gasteiger partial charge < -0.3 is 10.8 Å². The molecule has 1 rings (SSSR count). The number of carboxylic acids is 1. The molecule has 3 N–H and O–H groups in total. The van der Waals surface area contributed by atoms with Crippen LogP contribution < -0.4 is 5.73 Å². The van der Waals surface area contributed by atoms with Gasteiger partial charge in [0.15, 0.2) is 11.6 Å². The van der Waals surface area contributed by atoms with E-state index in [1.165, 1.54) is 6.92 Å². The van der Waals surface area contributed by atoms with Gasteiger partial charge in [-0.15, -0.1) is 0 Å². The topological polar surface area (TPSA) is 87.1 Å². The number of rotatable bonds is 4. The van der Waals surface area contributed by atoms with Gasteiger partial charge in [-0.2, -0.15) is 5.26 Å². The number of hydrogen-bond donors (Lipinski definition) is 2. The van der Waals surface area contributed by atoms with Crippen LogP contribution in [0.15, 0.2) is 12.1 Å². The summed E-state index contributed by atoms with van der Waals surface area (Å²) >= 11 is 0. The van der Waals surface area contributed by atoms with Gasteiger partial charge in [0, 0.05) is 17.7 Å². The van der Waals surface area contributed by atoms with Gasteiger partial charge in [0.25, 0.3) is 0 Å². The molecule has 0 aliphatic rings. The average molecular weight is 254 g/mol. The molecule has 0 saturated carbocycles. The van der Waals surface area contributed by atoms with E-state index in [0.717, 1.165) is 12.1 Å². The van der Waals surface area contributed by atoms with E-state index in [9.17, 15) is 18.7 Å². The van der Waals surface area contributed by atoms with Gasteiger partial charge in [0.1, 0.15) is 0 Å². The molecule has 1 aromatic carbocycles. The standard InChI is InChI=1S/C12H12F2N2O2/c1-12(11(17)18,5-2-6-15)9-8(16)4-3-7(13)10(9)14/h3-4H,2,5,16H2,1H3,(H,17,18). The first kappa shape index (κ1) is 13.9. The summed E-state index contributed by atoms with van der Waals surface area (Å²) in [5.41, 5.74) is 3.25. The fourth-order valence-electron chi connectivity index (χ4n) is 1.77. The van der Waals surface area contributed by atoms with Crippen molar-refractivity contribution in [2.24, 2.45) is 0 Å². The van der Waals surface area contributed by atoms with Gasteiger partial charge in [0.2, 0.25) is 0 Å². The molecule has 0 aromatic heterocycles. The quantitative estimate of drug-likeness (QED) is 0.806. The van der Waals surface area contributed by atoms with Crippen molar-refractivity contribution < 1.29 is 18.7 Å². The largest absolute Gasteiger partial charge is 0.481 e. The normalized spacial score (nSPS) is 13.7. The minimum atomic E-state index is -1.73. The van der Waals surface area contributed by atoms with Gasteiger partial charge in [-0.25, -0.2) is 8.78 Å². The lowest BCUT2D eigenvalue weighted by atomic mass is 9.77. The Labute approximate surface area is 103 Å². The van der Waals surface area contributed by atoms with Crippen molar-refractivity contribution in [2.75, 3.05) is 5.73 Å². The predicted molar refractivity (Wildman–Crippen MR) is 60.6 cm³/mol. The maximum atomic E-state index is 13.7. The van der Waals surface area contributed by atoms with Crippen LogP contribution in [0.2, 0.25) is 0 Å². The second kappa shape index (κ2) is 5.00. The van der Waals surface area contributed by atoms with Crippen molar-refractivity contribution in [2.45, 2.75) is 25.2 Å². The van der Waals surface area contributed by atoms with Crippen LogP contribution in [0, 0.1) is 23.0 Å². The lowest BCUT2D eigenvalue weighted by molar-refractivity contribution is -0.143. The summed E-state index contributed by atoms with van der Waals surface area (Å²) in [6, 6.07) is 3.73. The van der Waals surface area contributed by atoms with Gasteiger partial charge in [-0.05, 0) is 25.5 Å². The smallest absolute Gasteiger partial charge is 0.314 e. The molecule has 96 valence electrons. The maximum absolute atomic E-state index is 13.7. The van der Waals surface area contributed by atoms with E-state index in [1.807, 2.05) is 0 Å². The molecule has 0 radical (unpaired) electrons. The molecule has 1 unspecified atom stereocenters. The zero-order valence-corrected chi connectivity index (χ0v) is 9.70. The number of halogens is 2. The second-order valence-corrected chi connectivity index (χ2v) is 4.12. The zero-order valence-electron chi connectivity index (χ0n) is 9.70. The van der Waals surface area contributed by atoms with Gasteiger partial charge in [0.05, 0.1) is 11.5 Å². The Morgan fingerprint density at radius 1 is 1.56 bits per heavy atom. The molecule has 6 heteroatoms. The summed E-state index contributed by atoms with van der Waals surface area (Å²) in [6.07, 6.45) is -0.248. The highest BCUT2D eigenvalue weighted by atomic mass is 19.2. The van der Waals surface area contributed by atoms with Crippen molar-refractivity contribution in [3.05, 3.63) is 29.3 Å². The fourth-order valence-corrected chi connectivity index (χ4v) is 1.77. The van der Waals surface area contributed by atoms with Gasteiger partial charge in [-0.3, -0.25) is 4.79 Å². The van der Waals surface area contributed by atoms with Crippen LogP contribution >= 0.6 is 0 Å². The summed E-state index contributed by atoms with van der Waals surface area (Å²) < 4.78 is 26.9. The summed E-state index contributed by atoms with van der Waals surface area (Å²) in [7, 11) is 0. The third-order valence-corrected chi connectivity index (χ3v) is 2.89. The van der Waals surface area contributed by atoms with Crippen LogP contribution in [0.25, 0.3) is 0 Å². The molecule has 0 spiro atoms. The Morgan fingerprint density at radius 3 is 2.67 bits per heavy atom. The number of nitrogens with two attached hydrogens (primary N) is 1. The molecule has 0 saturated heterocycles. The molecular weight excluding hydrogens is 242 g/mol. The number of anilines is 1. The van der Waals surface area contributed by atoms with Crippen molar-refractivity contribution in [3.63, 3.8) is 0 Å². The lowest BCUT2D eigenvalue weighted by Crippen LogP contribution is -2.34.